The summed E-state index contributed by atoms with van der Waals surface area (Å²) in [4.78, 5) is 12.5. The third-order valence-electron chi connectivity index (χ3n) is 3.63. The summed E-state index contributed by atoms with van der Waals surface area (Å²) < 4.78 is 0. The van der Waals surface area contributed by atoms with Gasteiger partial charge in [-0.25, -0.2) is 0 Å². The molecule has 2 aromatic carbocycles. The lowest BCUT2D eigenvalue weighted by Crippen LogP contribution is -2.34. The normalized spacial score (nSPS) is 13.4. The fourth-order valence-corrected chi connectivity index (χ4v) is 2.45. The van der Waals surface area contributed by atoms with E-state index < -0.39 is 0 Å². The van der Waals surface area contributed by atoms with Crippen LogP contribution in [0.15, 0.2) is 60.7 Å². The molecule has 0 radical (unpaired) electrons. The van der Waals surface area contributed by atoms with Gasteiger partial charge in [-0.2, -0.15) is 0 Å². The van der Waals surface area contributed by atoms with Crippen molar-refractivity contribution in [2.24, 2.45) is 0 Å². The minimum absolute atomic E-state index is 0.0494. The number of carbonyl (C=O) groups is 1. The van der Waals surface area contributed by atoms with E-state index in [1.807, 2.05) is 67.6 Å². The molecule has 2 rings (SSSR count). The Labute approximate surface area is 125 Å². The van der Waals surface area contributed by atoms with Crippen LogP contribution in [0, 0.1) is 0 Å². The van der Waals surface area contributed by atoms with Gasteiger partial charge < -0.3 is 10.4 Å². The molecule has 0 aliphatic carbocycles. The Kier molecular flexibility index (Phi) is 5.52. The van der Waals surface area contributed by atoms with Crippen molar-refractivity contribution in [3.05, 3.63) is 71.8 Å². The van der Waals surface area contributed by atoms with Gasteiger partial charge in [0.1, 0.15) is 0 Å². The zero-order valence-electron chi connectivity index (χ0n) is 12.2. The lowest BCUT2D eigenvalue weighted by atomic mass is 9.95. The number of aliphatic hydroxyl groups excluding tert-OH is 1. The van der Waals surface area contributed by atoms with Gasteiger partial charge in [-0.05, 0) is 17.5 Å². The van der Waals surface area contributed by atoms with Crippen molar-refractivity contribution in [3.8, 4) is 0 Å². The lowest BCUT2D eigenvalue weighted by molar-refractivity contribution is -0.123. The summed E-state index contributed by atoms with van der Waals surface area (Å²) in [7, 11) is 0. The second-order valence-corrected chi connectivity index (χ2v) is 5.03. The predicted octanol–water partition coefficient (Wildman–Crippen LogP) is 3.03. The first-order chi connectivity index (χ1) is 10.3. The van der Waals surface area contributed by atoms with Gasteiger partial charge >= 0.3 is 0 Å². The monoisotopic (exact) mass is 283 g/mol. The molecule has 2 atom stereocenters. The number of aliphatic hydroxyl groups is 1. The minimum Gasteiger partial charge on any atom is -0.394 e. The van der Waals surface area contributed by atoms with Crippen LogP contribution in [0.1, 0.15) is 36.4 Å². The van der Waals surface area contributed by atoms with Crippen molar-refractivity contribution in [1.29, 1.82) is 0 Å². The van der Waals surface area contributed by atoms with Crippen molar-refractivity contribution in [1.82, 2.24) is 5.32 Å². The molecule has 3 nitrogen and oxygen atoms in total. The fraction of sp³-hybridized carbons (Fsp3) is 0.278. The molecule has 0 aromatic heterocycles. The van der Waals surface area contributed by atoms with Gasteiger partial charge in [0.2, 0.25) is 5.91 Å². The fourth-order valence-electron chi connectivity index (χ4n) is 2.45. The Morgan fingerprint density at radius 1 is 1.00 bits per heavy atom. The van der Waals surface area contributed by atoms with Crippen LogP contribution in [-0.4, -0.2) is 17.6 Å². The van der Waals surface area contributed by atoms with E-state index in [0.29, 0.717) is 0 Å². The third kappa shape index (κ3) is 3.92. The van der Waals surface area contributed by atoms with Crippen LogP contribution in [0.2, 0.25) is 0 Å². The maximum atomic E-state index is 12.5. The van der Waals surface area contributed by atoms with Crippen molar-refractivity contribution < 1.29 is 9.90 Å². The summed E-state index contributed by atoms with van der Waals surface area (Å²) in [5.74, 6) is -0.240. The summed E-state index contributed by atoms with van der Waals surface area (Å²) >= 11 is 0. The molecule has 1 unspecified atom stereocenters. The first-order valence-electron chi connectivity index (χ1n) is 7.27. The minimum atomic E-state index is -0.364. The Morgan fingerprint density at radius 3 is 2.00 bits per heavy atom. The standard InChI is InChI=1S/C18H21NO2/c1-2-16(14-9-5-3-6-10-14)18(21)19-17(13-20)15-11-7-4-8-12-15/h3-12,16-17,20H,2,13H2,1H3,(H,19,21)/t16?,17-/m0/s1. The van der Waals surface area contributed by atoms with E-state index in [-0.39, 0.29) is 24.5 Å². The summed E-state index contributed by atoms with van der Waals surface area (Å²) in [6.45, 7) is 1.88. The smallest absolute Gasteiger partial charge is 0.228 e. The summed E-state index contributed by atoms with van der Waals surface area (Å²) in [6, 6.07) is 18.9. The molecule has 0 heterocycles. The maximum Gasteiger partial charge on any atom is 0.228 e. The van der Waals surface area contributed by atoms with Crippen LogP contribution in [0.4, 0.5) is 0 Å². The molecule has 21 heavy (non-hydrogen) atoms. The molecular formula is C18H21NO2. The van der Waals surface area contributed by atoms with Gasteiger partial charge in [-0.1, -0.05) is 67.6 Å². The van der Waals surface area contributed by atoms with E-state index >= 15 is 0 Å². The van der Waals surface area contributed by atoms with Crippen molar-refractivity contribution in [2.75, 3.05) is 6.61 Å². The van der Waals surface area contributed by atoms with Crippen LogP contribution in [0.5, 0.6) is 0 Å². The highest BCUT2D eigenvalue weighted by atomic mass is 16.3. The molecule has 0 aliphatic heterocycles. The molecule has 0 bridgehead atoms. The van der Waals surface area contributed by atoms with Crippen LogP contribution in [0.3, 0.4) is 0 Å². The van der Waals surface area contributed by atoms with Crippen molar-refractivity contribution >= 4 is 5.91 Å². The highest BCUT2D eigenvalue weighted by molar-refractivity contribution is 5.84. The van der Waals surface area contributed by atoms with Gasteiger partial charge in [-0.3, -0.25) is 4.79 Å². The van der Waals surface area contributed by atoms with E-state index in [0.717, 1.165) is 17.5 Å². The number of hydrogen-bond donors (Lipinski definition) is 2. The Morgan fingerprint density at radius 2 is 1.52 bits per heavy atom. The number of benzene rings is 2. The molecule has 0 spiro atoms. The van der Waals surface area contributed by atoms with Gasteiger partial charge in [0.15, 0.2) is 0 Å². The number of hydrogen-bond acceptors (Lipinski definition) is 2. The average molecular weight is 283 g/mol. The second kappa shape index (κ2) is 7.60. The largest absolute Gasteiger partial charge is 0.394 e. The zero-order valence-corrected chi connectivity index (χ0v) is 12.2. The van der Waals surface area contributed by atoms with E-state index in [4.69, 9.17) is 0 Å². The predicted molar refractivity (Wildman–Crippen MR) is 83.9 cm³/mol. The average Bonchev–Trinajstić information content (AvgIpc) is 2.55. The van der Waals surface area contributed by atoms with Crippen LogP contribution in [-0.2, 0) is 4.79 Å². The Balaban J connectivity index is 2.11. The molecule has 0 aliphatic rings. The zero-order chi connectivity index (χ0) is 15.1. The molecular weight excluding hydrogens is 262 g/mol. The van der Waals surface area contributed by atoms with Crippen LogP contribution < -0.4 is 5.32 Å². The summed E-state index contributed by atoms with van der Waals surface area (Å²) in [5.41, 5.74) is 1.92. The first-order valence-corrected chi connectivity index (χ1v) is 7.27. The second-order valence-electron chi connectivity index (χ2n) is 5.03. The highest BCUT2D eigenvalue weighted by Crippen LogP contribution is 2.21. The molecule has 3 heteroatoms. The van der Waals surface area contributed by atoms with Crippen LogP contribution >= 0.6 is 0 Å². The molecule has 1 amide bonds. The van der Waals surface area contributed by atoms with E-state index in [1.165, 1.54) is 0 Å². The number of carbonyl (C=O) groups excluding carboxylic acids is 1. The van der Waals surface area contributed by atoms with Gasteiger partial charge in [0.05, 0.1) is 18.6 Å². The van der Waals surface area contributed by atoms with Crippen molar-refractivity contribution in [2.45, 2.75) is 25.3 Å². The Hall–Kier alpha value is -2.13. The third-order valence-corrected chi connectivity index (χ3v) is 3.63. The topological polar surface area (TPSA) is 49.3 Å². The lowest BCUT2D eigenvalue weighted by Gasteiger charge is -2.21. The number of nitrogens with one attached hydrogen (secondary N) is 1. The number of amides is 1. The molecule has 0 fully saturated rings. The summed E-state index contributed by atoms with van der Waals surface area (Å²) in [6.07, 6.45) is 0.725. The van der Waals surface area contributed by atoms with Crippen LogP contribution in [0.25, 0.3) is 0 Å². The molecule has 110 valence electrons. The van der Waals surface area contributed by atoms with E-state index in [9.17, 15) is 9.90 Å². The SMILES string of the molecule is CCC(C(=O)N[C@@H](CO)c1ccccc1)c1ccccc1. The van der Waals surface area contributed by atoms with Crippen molar-refractivity contribution in [3.63, 3.8) is 0 Å². The first kappa shape index (κ1) is 15.3. The Bertz CT molecular complexity index is 554. The molecule has 2 aromatic rings. The molecule has 0 saturated carbocycles. The highest BCUT2D eigenvalue weighted by Gasteiger charge is 2.21. The summed E-state index contributed by atoms with van der Waals surface area (Å²) in [5, 5.41) is 12.5. The molecule has 0 saturated heterocycles. The quantitative estimate of drug-likeness (QED) is 0.856. The van der Waals surface area contributed by atoms with E-state index in [2.05, 4.69) is 5.32 Å². The molecule has 2 N–H and O–H groups in total. The van der Waals surface area contributed by atoms with E-state index in [1.54, 1.807) is 0 Å². The van der Waals surface area contributed by atoms with Gasteiger partial charge in [0, 0.05) is 0 Å². The van der Waals surface area contributed by atoms with Gasteiger partial charge in [-0.15, -0.1) is 0 Å². The number of rotatable bonds is 6. The maximum absolute atomic E-state index is 12.5. The van der Waals surface area contributed by atoms with Gasteiger partial charge in [0.25, 0.3) is 0 Å².